The number of rotatable bonds is 6. The predicted octanol–water partition coefficient (Wildman–Crippen LogP) is 1.99. The van der Waals surface area contributed by atoms with Crippen LogP contribution in [0.1, 0.15) is 51.0 Å². The van der Waals surface area contributed by atoms with E-state index in [4.69, 9.17) is 9.47 Å². The van der Waals surface area contributed by atoms with Gasteiger partial charge in [0, 0.05) is 12.0 Å². The Kier molecular flexibility index (Phi) is 4.30. The van der Waals surface area contributed by atoms with Crippen LogP contribution < -0.4 is 20.1 Å². The molecule has 0 unspecified atom stereocenters. The highest BCUT2D eigenvalue weighted by Crippen LogP contribution is 2.55. The molecule has 0 saturated heterocycles. The zero-order valence-electron chi connectivity index (χ0n) is 16.2. The van der Waals surface area contributed by atoms with Crippen molar-refractivity contribution in [3.05, 3.63) is 23.8 Å². The minimum absolute atomic E-state index is 0.125. The highest BCUT2D eigenvalue weighted by molar-refractivity contribution is 5.77. The molecule has 5 aliphatic rings. The normalized spacial score (nSPS) is 33.9. The Morgan fingerprint density at radius 1 is 1.15 bits per heavy atom. The maximum absolute atomic E-state index is 12.7. The third kappa shape index (κ3) is 3.54. The van der Waals surface area contributed by atoms with Gasteiger partial charge >= 0.3 is 0 Å². The summed E-state index contributed by atoms with van der Waals surface area (Å²) in [7, 11) is 0. The molecule has 1 aliphatic heterocycles. The predicted molar refractivity (Wildman–Crippen MR) is 102 cm³/mol. The van der Waals surface area contributed by atoms with Crippen molar-refractivity contribution in [2.45, 2.75) is 63.5 Å². The van der Waals surface area contributed by atoms with Crippen LogP contribution in [0.15, 0.2) is 18.2 Å². The number of hydrogen-bond donors (Lipinski definition) is 2. The third-order valence-electron chi connectivity index (χ3n) is 7.14. The smallest absolute Gasteiger partial charge is 0.275 e. The molecule has 27 heavy (non-hydrogen) atoms. The van der Waals surface area contributed by atoms with Gasteiger partial charge in [-0.3, -0.25) is 4.79 Å². The molecule has 0 radical (unpaired) electrons. The molecule has 6 rings (SSSR count). The highest BCUT2D eigenvalue weighted by atomic mass is 16.7. The molecule has 1 heterocycles. The summed E-state index contributed by atoms with van der Waals surface area (Å²) in [6, 6.07) is 6.48. The van der Waals surface area contributed by atoms with Crippen LogP contribution in [0, 0.1) is 17.8 Å². The zero-order chi connectivity index (χ0) is 18.4. The van der Waals surface area contributed by atoms with Crippen LogP contribution in [0.4, 0.5) is 0 Å². The molecule has 0 aromatic heterocycles. The average Bonchev–Trinajstić information content (AvgIpc) is 3.06. The Morgan fingerprint density at radius 2 is 1.81 bits per heavy atom. The van der Waals surface area contributed by atoms with Crippen LogP contribution in [-0.4, -0.2) is 30.8 Å². The molecule has 4 bridgehead atoms. The number of quaternary nitrogens is 1. The number of fused-ring (bicyclic) bond motifs is 1. The van der Waals surface area contributed by atoms with Crippen LogP contribution >= 0.6 is 0 Å². The Hall–Kier alpha value is -1.75. The van der Waals surface area contributed by atoms with Gasteiger partial charge in [-0.1, -0.05) is 6.07 Å². The first kappa shape index (κ1) is 17.4. The molecule has 1 atom stereocenters. The molecule has 0 spiro atoms. The lowest BCUT2D eigenvalue weighted by molar-refractivity contribution is -0.675. The van der Waals surface area contributed by atoms with Crippen molar-refractivity contribution in [2.75, 3.05) is 13.3 Å². The maximum Gasteiger partial charge on any atom is 0.275 e. The summed E-state index contributed by atoms with van der Waals surface area (Å²) in [5.41, 5.74) is 1.35. The van der Waals surface area contributed by atoms with E-state index >= 15 is 0 Å². The second-order valence-corrected chi connectivity index (χ2v) is 9.55. The first-order valence-electron chi connectivity index (χ1n) is 10.6. The van der Waals surface area contributed by atoms with E-state index in [0.717, 1.165) is 35.7 Å². The van der Waals surface area contributed by atoms with E-state index in [9.17, 15) is 4.79 Å². The Labute approximate surface area is 161 Å². The Morgan fingerprint density at radius 3 is 2.52 bits per heavy atom. The molecule has 5 heteroatoms. The maximum atomic E-state index is 12.7. The minimum Gasteiger partial charge on any atom is -0.454 e. The lowest BCUT2D eigenvalue weighted by atomic mass is 9.53. The number of amides is 1. The molecule has 146 valence electrons. The van der Waals surface area contributed by atoms with E-state index in [2.05, 4.69) is 29.7 Å². The van der Waals surface area contributed by atoms with Crippen molar-refractivity contribution in [2.24, 2.45) is 17.8 Å². The van der Waals surface area contributed by atoms with Gasteiger partial charge in [0.1, 0.15) is 0 Å². The van der Waals surface area contributed by atoms with E-state index in [1.807, 2.05) is 6.07 Å². The fourth-order valence-corrected chi connectivity index (χ4v) is 6.44. The number of benzene rings is 1. The topological polar surface area (TPSA) is 64.2 Å². The summed E-state index contributed by atoms with van der Waals surface area (Å²) >= 11 is 0. The van der Waals surface area contributed by atoms with Gasteiger partial charge in [0.25, 0.3) is 5.91 Å². The molecule has 4 saturated carbocycles. The fraction of sp³-hybridized carbons (Fsp3) is 0.682. The van der Waals surface area contributed by atoms with Gasteiger partial charge in [0.05, 0.1) is 6.04 Å². The third-order valence-corrected chi connectivity index (χ3v) is 7.14. The van der Waals surface area contributed by atoms with Crippen molar-refractivity contribution in [1.29, 1.82) is 0 Å². The van der Waals surface area contributed by atoms with Crippen molar-refractivity contribution in [3.63, 3.8) is 0 Å². The summed E-state index contributed by atoms with van der Waals surface area (Å²) in [5, 5.41) is 5.64. The van der Waals surface area contributed by atoms with Crippen LogP contribution in [0.2, 0.25) is 0 Å². The van der Waals surface area contributed by atoms with E-state index < -0.39 is 0 Å². The molecule has 1 aromatic carbocycles. The van der Waals surface area contributed by atoms with Gasteiger partial charge in [-0.05, 0) is 80.9 Å². The first-order valence-corrected chi connectivity index (χ1v) is 10.6. The highest BCUT2D eigenvalue weighted by Gasteiger charge is 2.51. The zero-order valence-corrected chi connectivity index (χ0v) is 16.2. The van der Waals surface area contributed by atoms with Gasteiger partial charge < -0.3 is 20.1 Å². The van der Waals surface area contributed by atoms with Crippen molar-refractivity contribution in [1.82, 2.24) is 5.32 Å². The second-order valence-electron chi connectivity index (χ2n) is 9.55. The molecular weight excluding hydrogens is 340 g/mol. The number of nitrogens with one attached hydrogen (secondary N) is 1. The standard InChI is InChI=1S/C22H30N2O3/c1-14(4-15-2-3-19-20(8-15)27-13-26-19)23-12-21(25)24-22-9-16-5-17(10-22)7-18(6-16)11-22/h2-3,8,14,16-18,23H,4-7,9-13H2,1H3,(H,24,25)/p+1/t14-,16?,17?,18?,22?/m0/s1. The molecule has 1 aromatic rings. The fourth-order valence-electron chi connectivity index (χ4n) is 6.44. The van der Waals surface area contributed by atoms with Crippen LogP contribution in [0.3, 0.4) is 0 Å². The first-order chi connectivity index (χ1) is 13.1. The summed E-state index contributed by atoms with van der Waals surface area (Å²) in [6.07, 6.45) is 8.81. The summed E-state index contributed by atoms with van der Waals surface area (Å²) in [6.45, 7) is 3.01. The van der Waals surface area contributed by atoms with Crippen LogP contribution in [-0.2, 0) is 11.2 Å². The van der Waals surface area contributed by atoms with E-state index in [1.165, 1.54) is 44.1 Å². The number of hydrogen-bond acceptors (Lipinski definition) is 3. The van der Waals surface area contributed by atoms with Gasteiger partial charge in [-0.25, -0.2) is 0 Å². The lowest BCUT2D eigenvalue weighted by Crippen LogP contribution is -2.92. The lowest BCUT2D eigenvalue weighted by Gasteiger charge is -2.56. The van der Waals surface area contributed by atoms with Crippen LogP contribution in [0.5, 0.6) is 11.5 Å². The molecule has 4 aliphatic carbocycles. The van der Waals surface area contributed by atoms with Gasteiger partial charge in [-0.2, -0.15) is 0 Å². The van der Waals surface area contributed by atoms with Crippen molar-refractivity contribution in [3.8, 4) is 11.5 Å². The van der Waals surface area contributed by atoms with Gasteiger partial charge in [0.15, 0.2) is 18.0 Å². The molecule has 4 fully saturated rings. The Balaban J connectivity index is 1.12. The molecule has 3 N–H and O–H groups in total. The van der Waals surface area contributed by atoms with Crippen molar-refractivity contribution >= 4 is 5.91 Å². The summed E-state index contributed by atoms with van der Waals surface area (Å²) in [4.78, 5) is 12.7. The van der Waals surface area contributed by atoms with E-state index in [-0.39, 0.29) is 11.4 Å². The number of carbonyl (C=O) groups is 1. The van der Waals surface area contributed by atoms with Crippen molar-refractivity contribution < 1.29 is 19.6 Å². The number of carbonyl (C=O) groups excluding carboxylic acids is 1. The Bertz CT molecular complexity index is 697. The minimum atomic E-state index is 0.125. The molecular formula is C22H31N2O3+. The van der Waals surface area contributed by atoms with Gasteiger partial charge in [-0.15, -0.1) is 0 Å². The summed E-state index contributed by atoms with van der Waals surface area (Å²) < 4.78 is 10.8. The van der Waals surface area contributed by atoms with Gasteiger partial charge in [0.2, 0.25) is 6.79 Å². The average molecular weight is 372 g/mol. The number of nitrogens with two attached hydrogens (primary N) is 1. The monoisotopic (exact) mass is 371 g/mol. The molecule has 5 nitrogen and oxygen atoms in total. The SMILES string of the molecule is C[C@@H](Cc1ccc2c(c1)OCO2)[NH2+]CC(=O)NC12CC3CC(CC(C3)C1)C2. The van der Waals surface area contributed by atoms with E-state index in [0.29, 0.717) is 19.4 Å². The van der Waals surface area contributed by atoms with Crippen LogP contribution in [0.25, 0.3) is 0 Å². The van der Waals surface area contributed by atoms with E-state index in [1.54, 1.807) is 0 Å². The quantitative estimate of drug-likeness (QED) is 0.804. The second kappa shape index (κ2) is 6.69. The molecule has 1 amide bonds. The number of ether oxygens (including phenoxy) is 2. The summed E-state index contributed by atoms with van der Waals surface area (Å²) in [5.74, 6) is 4.47. The largest absolute Gasteiger partial charge is 0.454 e.